The van der Waals surface area contributed by atoms with Crippen LogP contribution in [0.25, 0.3) is 0 Å². The van der Waals surface area contributed by atoms with Gasteiger partial charge in [0.1, 0.15) is 12.7 Å². The Morgan fingerprint density at radius 2 is 2.03 bits per heavy atom. The van der Waals surface area contributed by atoms with Crippen LogP contribution in [0.3, 0.4) is 0 Å². The van der Waals surface area contributed by atoms with Crippen molar-refractivity contribution in [2.24, 2.45) is 0 Å². The van der Waals surface area contributed by atoms with Gasteiger partial charge in [0.25, 0.3) is 0 Å². The minimum Gasteiger partial charge on any atom is -0.370 e. The number of hydrogen-bond donors (Lipinski definition) is 0. The smallest absolute Gasteiger partial charge is 0.242 e. The second kappa shape index (κ2) is 10.5. The van der Waals surface area contributed by atoms with E-state index >= 15 is 0 Å². The molecule has 0 spiro atoms. The molecular weight excluding hydrogens is 396 g/mol. The van der Waals surface area contributed by atoms with Gasteiger partial charge >= 0.3 is 0 Å². The van der Waals surface area contributed by atoms with Crippen molar-refractivity contribution in [3.63, 3.8) is 0 Å². The number of carbonyl (C=O) groups is 2. The fraction of sp³-hybridized carbons (Fsp3) is 0.591. The standard InChI is InChI=1S/C22H30N6O3/c29-21(8-10-27-17-24-16-25-27)26-12-20(31-15-18-5-4-9-23-11-18)13-28(22(30)14-26)19-6-2-1-3-7-19/h4-5,9,11,16-17,19-20H,1-3,6-8,10,12-15H2/t20-/m0/s1. The van der Waals surface area contributed by atoms with Crippen LogP contribution in [-0.2, 0) is 27.5 Å². The Morgan fingerprint density at radius 3 is 2.77 bits per heavy atom. The summed E-state index contributed by atoms with van der Waals surface area (Å²) < 4.78 is 7.82. The highest BCUT2D eigenvalue weighted by Crippen LogP contribution is 2.25. The molecule has 1 saturated carbocycles. The van der Waals surface area contributed by atoms with Gasteiger partial charge in [-0.1, -0.05) is 25.3 Å². The van der Waals surface area contributed by atoms with Crippen LogP contribution in [0.1, 0.15) is 44.1 Å². The van der Waals surface area contributed by atoms with E-state index in [-0.39, 0.29) is 36.9 Å². The summed E-state index contributed by atoms with van der Waals surface area (Å²) in [4.78, 5) is 37.7. The van der Waals surface area contributed by atoms with E-state index in [1.807, 2.05) is 17.0 Å². The maximum absolute atomic E-state index is 13.1. The van der Waals surface area contributed by atoms with Crippen LogP contribution in [0.4, 0.5) is 0 Å². The van der Waals surface area contributed by atoms with Crippen molar-refractivity contribution in [2.45, 2.75) is 63.8 Å². The highest BCUT2D eigenvalue weighted by molar-refractivity contribution is 5.85. The second-order valence-electron chi connectivity index (χ2n) is 8.32. The molecule has 0 N–H and O–H groups in total. The molecule has 0 bridgehead atoms. The molecule has 166 valence electrons. The third-order valence-electron chi connectivity index (χ3n) is 6.07. The molecule has 2 amide bonds. The molecule has 9 nitrogen and oxygen atoms in total. The maximum Gasteiger partial charge on any atom is 0.242 e. The Bertz CT molecular complexity index is 838. The van der Waals surface area contributed by atoms with E-state index in [4.69, 9.17) is 4.74 Å². The molecule has 1 atom stereocenters. The van der Waals surface area contributed by atoms with E-state index in [0.717, 1.165) is 31.2 Å². The first-order valence-corrected chi connectivity index (χ1v) is 11.1. The van der Waals surface area contributed by atoms with Gasteiger partial charge in [-0.05, 0) is 24.5 Å². The quantitative estimate of drug-likeness (QED) is 0.668. The molecule has 2 aromatic rings. The number of ether oxygens (including phenoxy) is 1. The van der Waals surface area contributed by atoms with E-state index in [2.05, 4.69) is 15.1 Å². The first-order valence-electron chi connectivity index (χ1n) is 11.1. The van der Waals surface area contributed by atoms with E-state index in [1.165, 1.54) is 12.7 Å². The molecule has 2 fully saturated rings. The lowest BCUT2D eigenvalue weighted by Gasteiger charge is -2.34. The van der Waals surface area contributed by atoms with Crippen LogP contribution in [0.2, 0.25) is 0 Å². The average Bonchev–Trinajstić information content (AvgIpc) is 3.27. The van der Waals surface area contributed by atoms with Gasteiger partial charge in [0.2, 0.25) is 11.8 Å². The Morgan fingerprint density at radius 1 is 1.16 bits per heavy atom. The van der Waals surface area contributed by atoms with Gasteiger partial charge in [0.15, 0.2) is 0 Å². The molecule has 31 heavy (non-hydrogen) atoms. The molecule has 0 radical (unpaired) electrons. The van der Waals surface area contributed by atoms with Crippen LogP contribution in [0, 0.1) is 0 Å². The fourth-order valence-corrected chi connectivity index (χ4v) is 4.40. The molecule has 2 aliphatic rings. The molecule has 3 heterocycles. The van der Waals surface area contributed by atoms with Crippen molar-refractivity contribution < 1.29 is 14.3 Å². The monoisotopic (exact) mass is 426 g/mol. The van der Waals surface area contributed by atoms with Gasteiger partial charge in [0, 0.05) is 37.9 Å². The van der Waals surface area contributed by atoms with Gasteiger partial charge in [-0.2, -0.15) is 5.10 Å². The maximum atomic E-state index is 13.1. The topological polar surface area (TPSA) is 93.5 Å². The van der Waals surface area contributed by atoms with Gasteiger partial charge in [-0.3, -0.25) is 19.3 Å². The minimum absolute atomic E-state index is 0.0217. The van der Waals surface area contributed by atoms with Crippen molar-refractivity contribution in [1.82, 2.24) is 29.5 Å². The van der Waals surface area contributed by atoms with Crippen LogP contribution < -0.4 is 0 Å². The Balaban J connectivity index is 1.44. The highest BCUT2D eigenvalue weighted by atomic mass is 16.5. The second-order valence-corrected chi connectivity index (χ2v) is 8.32. The number of aryl methyl sites for hydroxylation is 1. The van der Waals surface area contributed by atoms with Crippen LogP contribution in [0.15, 0.2) is 37.2 Å². The number of aromatic nitrogens is 4. The molecule has 0 unspecified atom stereocenters. The SMILES string of the molecule is O=C(CCn1cncn1)N1CC(=O)N(C2CCCCC2)C[C@@H](OCc2cccnc2)C1. The number of nitrogens with zero attached hydrogens (tertiary/aromatic N) is 6. The van der Waals surface area contributed by atoms with Gasteiger partial charge in [0.05, 0.1) is 25.8 Å². The third kappa shape index (κ3) is 5.88. The van der Waals surface area contributed by atoms with Gasteiger partial charge in [-0.25, -0.2) is 4.98 Å². The summed E-state index contributed by atoms with van der Waals surface area (Å²) in [5.74, 6) is -0.0437. The lowest BCUT2D eigenvalue weighted by Crippen LogP contribution is -2.46. The highest BCUT2D eigenvalue weighted by Gasteiger charge is 2.34. The summed E-state index contributed by atoms with van der Waals surface area (Å²) in [7, 11) is 0. The Labute approximate surface area is 182 Å². The molecule has 1 saturated heterocycles. The summed E-state index contributed by atoms with van der Waals surface area (Å²) in [5, 5.41) is 4.05. The van der Waals surface area contributed by atoms with Gasteiger partial charge < -0.3 is 14.5 Å². The van der Waals surface area contributed by atoms with E-state index in [9.17, 15) is 9.59 Å². The van der Waals surface area contributed by atoms with Crippen molar-refractivity contribution in [3.05, 3.63) is 42.7 Å². The van der Waals surface area contributed by atoms with E-state index < -0.39 is 0 Å². The molecule has 9 heteroatoms. The zero-order valence-electron chi connectivity index (χ0n) is 17.8. The molecular formula is C22H30N6O3. The summed E-state index contributed by atoms with van der Waals surface area (Å²) in [6.07, 6.45) is 12.2. The largest absolute Gasteiger partial charge is 0.370 e. The fourth-order valence-electron chi connectivity index (χ4n) is 4.40. The molecule has 4 rings (SSSR count). The zero-order chi connectivity index (χ0) is 21.5. The molecule has 1 aliphatic heterocycles. The number of amides is 2. The van der Waals surface area contributed by atoms with Crippen LogP contribution in [0.5, 0.6) is 0 Å². The van der Waals surface area contributed by atoms with Gasteiger partial charge in [-0.15, -0.1) is 0 Å². The van der Waals surface area contributed by atoms with Crippen molar-refractivity contribution in [2.75, 3.05) is 19.6 Å². The molecule has 0 aromatic carbocycles. The summed E-state index contributed by atoms with van der Waals surface area (Å²) in [5.41, 5.74) is 0.978. The van der Waals surface area contributed by atoms with Crippen LogP contribution >= 0.6 is 0 Å². The first-order chi connectivity index (χ1) is 15.2. The summed E-state index contributed by atoms with van der Waals surface area (Å²) in [6, 6.07) is 4.09. The zero-order valence-corrected chi connectivity index (χ0v) is 17.8. The minimum atomic E-state index is -0.232. The summed E-state index contributed by atoms with van der Waals surface area (Å²) >= 11 is 0. The lowest BCUT2D eigenvalue weighted by atomic mass is 9.94. The average molecular weight is 427 g/mol. The molecule has 1 aliphatic carbocycles. The normalized spacial score (nSPS) is 20.6. The number of carbonyl (C=O) groups excluding carboxylic acids is 2. The first kappa shape index (κ1) is 21.4. The number of pyridine rings is 1. The number of hydrogen-bond acceptors (Lipinski definition) is 6. The Kier molecular flexibility index (Phi) is 7.24. The van der Waals surface area contributed by atoms with E-state index in [1.54, 1.807) is 28.3 Å². The van der Waals surface area contributed by atoms with Crippen molar-refractivity contribution in [3.8, 4) is 0 Å². The molecule has 2 aromatic heterocycles. The van der Waals surface area contributed by atoms with Crippen LogP contribution in [-0.4, -0.2) is 73.1 Å². The van der Waals surface area contributed by atoms with Crippen molar-refractivity contribution in [1.29, 1.82) is 0 Å². The third-order valence-corrected chi connectivity index (χ3v) is 6.07. The van der Waals surface area contributed by atoms with Crippen molar-refractivity contribution >= 4 is 11.8 Å². The predicted octanol–water partition coefficient (Wildman–Crippen LogP) is 1.65. The summed E-state index contributed by atoms with van der Waals surface area (Å²) in [6.45, 7) is 1.89. The number of rotatable bonds is 7. The lowest BCUT2D eigenvalue weighted by molar-refractivity contribution is -0.140. The predicted molar refractivity (Wildman–Crippen MR) is 113 cm³/mol. The van der Waals surface area contributed by atoms with E-state index in [0.29, 0.717) is 26.2 Å². The Hall–Kier alpha value is -2.81.